The van der Waals surface area contributed by atoms with Gasteiger partial charge in [-0.3, -0.25) is 15.1 Å². The molecule has 0 unspecified atom stereocenters. The largest absolute Gasteiger partial charge is 0.365 e. The lowest BCUT2D eigenvalue weighted by Crippen LogP contribution is -2.08. The minimum atomic E-state index is -0.594. The van der Waals surface area contributed by atoms with Gasteiger partial charge in [-0.05, 0) is 43.3 Å². The van der Waals surface area contributed by atoms with Crippen LogP contribution in [0.1, 0.15) is 27.0 Å². The van der Waals surface area contributed by atoms with E-state index in [1.807, 2.05) is 6.92 Å². The number of carbonyl (C=O) groups is 1. The van der Waals surface area contributed by atoms with Crippen molar-refractivity contribution in [3.63, 3.8) is 0 Å². The summed E-state index contributed by atoms with van der Waals surface area (Å²) in [5.74, 6) is -0.594. The Hall–Kier alpha value is -3.87. The molecule has 0 bridgehead atoms. The van der Waals surface area contributed by atoms with E-state index in [4.69, 9.17) is 4.84 Å². The molecular formula is C20H15N3O4. The summed E-state index contributed by atoms with van der Waals surface area (Å²) in [6.45, 7) is 1.92. The molecule has 0 atom stereocenters. The molecule has 0 saturated heterocycles. The molecule has 1 aromatic heterocycles. The van der Waals surface area contributed by atoms with E-state index in [1.165, 1.54) is 12.1 Å². The van der Waals surface area contributed by atoms with Gasteiger partial charge < -0.3 is 4.84 Å². The molecule has 0 radical (unpaired) electrons. The quantitative estimate of drug-likeness (QED) is 0.297. The van der Waals surface area contributed by atoms with Crippen molar-refractivity contribution in [1.82, 2.24) is 4.98 Å². The van der Waals surface area contributed by atoms with E-state index < -0.39 is 10.9 Å². The minimum absolute atomic E-state index is 0.0375. The lowest BCUT2D eigenvalue weighted by Gasteiger charge is -2.07. The second-order valence-corrected chi connectivity index (χ2v) is 5.72. The molecule has 3 aromatic rings. The van der Waals surface area contributed by atoms with Crippen LogP contribution in [0.4, 0.5) is 5.69 Å². The highest BCUT2D eigenvalue weighted by atomic mass is 16.7. The third kappa shape index (κ3) is 4.40. The molecule has 0 aliphatic carbocycles. The second-order valence-electron chi connectivity index (χ2n) is 5.72. The van der Waals surface area contributed by atoms with Crippen LogP contribution in [0.25, 0.3) is 0 Å². The van der Waals surface area contributed by atoms with Gasteiger partial charge in [0.05, 0.1) is 10.5 Å². The lowest BCUT2D eigenvalue weighted by molar-refractivity contribution is -0.384. The zero-order valence-electron chi connectivity index (χ0n) is 14.4. The Kier molecular flexibility index (Phi) is 5.32. The molecule has 0 aliphatic heterocycles. The van der Waals surface area contributed by atoms with Gasteiger partial charge in [-0.2, -0.15) is 0 Å². The Morgan fingerprint density at radius 3 is 2.07 bits per heavy atom. The van der Waals surface area contributed by atoms with Crippen LogP contribution in [0.15, 0.2) is 78.2 Å². The van der Waals surface area contributed by atoms with Crippen LogP contribution >= 0.6 is 0 Å². The van der Waals surface area contributed by atoms with Crippen LogP contribution in [0.3, 0.4) is 0 Å². The van der Waals surface area contributed by atoms with Crippen molar-refractivity contribution in [2.75, 3.05) is 0 Å². The number of rotatable bonds is 5. The molecule has 27 heavy (non-hydrogen) atoms. The van der Waals surface area contributed by atoms with Gasteiger partial charge in [0.2, 0.25) is 0 Å². The zero-order valence-corrected chi connectivity index (χ0v) is 14.4. The number of aromatic nitrogens is 1. The van der Waals surface area contributed by atoms with Gasteiger partial charge in [0.25, 0.3) is 5.69 Å². The molecule has 0 amide bonds. The molecule has 0 saturated carbocycles. The maximum absolute atomic E-state index is 12.2. The first-order valence-electron chi connectivity index (χ1n) is 8.06. The Balaban J connectivity index is 1.92. The van der Waals surface area contributed by atoms with Crippen LogP contribution < -0.4 is 0 Å². The van der Waals surface area contributed by atoms with Crippen molar-refractivity contribution >= 4 is 17.4 Å². The summed E-state index contributed by atoms with van der Waals surface area (Å²) >= 11 is 0. The number of nitro groups is 1. The fraction of sp³-hybridized carbons (Fsp3) is 0.0500. The Morgan fingerprint density at radius 2 is 1.48 bits per heavy atom. The average Bonchev–Trinajstić information content (AvgIpc) is 2.69. The maximum atomic E-state index is 12.2. The van der Waals surface area contributed by atoms with Crippen LogP contribution in [-0.2, 0) is 4.84 Å². The third-order valence-electron chi connectivity index (χ3n) is 3.81. The van der Waals surface area contributed by atoms with Crippen molar-refractivity contribution in [3.8, 4) is 0 Å². The van der Waals surface area contributed by atoms with Crippen LogP contribution in [0, 0.1) is 17.0 Å². The van der Waals surface area contributed by atoms with Gasteiger partial charge >= 0.3 is 5.97 Å². The number of pyridine rings is 1. The highest BCUT2D eigenvalue weighted by Crippen LogP contribution is 2.16. The summed E-state index contributed by atoms with van der Waals surface area (Å²) in [5.41, 5.74) is 2.97. The predicted octanol–water partition coefficient (Wildman–Crippen LogP) is 3.91. The van der Waals surface area contributed by atoms with Gasteiger partial charge in [-0.25, -0.2) is 4.79 Å². The van der Waals surface area contributed by atoms with Crippen molar-refractivity contribution in [3.05, 3.63) is 105 Å². The topological polar surface area (TPSA) is 94.7 Å². The first-order valence-corrected chi connectivity index (χ1v) is 8.06. The fourth-order valence-electron chi connectivity index (χ4n) is 2.35. The molecule has 0 aliphatic rings. The number of benzene rings is 2. The van der Waals surface area contributed by atoms with E-state index in [0.29, 0.717) is 22.4 Å². The second kappa shape index (κ2) is 8.01. The summed E-state index contributed by atoms with van der Waals surface area (Å²) in [6.07, 6.45) is 3.16. The highest BCUT2D eigenvalue weighted by Gasteiger charge is 2.13. The molecular weight excluding hydrogens is 346 g/mol. The first kappa shape index (κ1) is 17.9. The van der Waals surface area contributed by atoms with Gasteiger partial charge in [-0.1, -0.05) is 22.9 Å². The molecule has 134 valence electrons. The van der Waals surface area contributed by atoms with Crippen molar-refractivity contribution in [1.29, 1.82) is 0 Å². The Labute approximate surface area is 155 Å². The average molecular weight is 361 g/mol. The number of non-ortho nitro benzene ring substituents is 1. The van der Waals surface area contributed by atoms with E-state index in [-0.39, 0.29) is 5.69 Å². The van der Waals surface area contributed by atoms with E-state index in [0.717, 1.165) is 5.56 Å². The summed E-state index contributed by atoms with van der Waals surface area (Å²) < 4.78 is 0. The SMILES string of the molecule is Cc1ccc(C(=O)ON=C(c2ccncc2)c2ccc([N+](=O)[O-])cc2)cc1. The van der Waals surface area contributed by atoms with Crippen LogP contribution in [-0.4, -0.2) is 21.6 Å². The molecule has 2 aromatic carbocycles. The normalized spacial score (nSPS) is 11.1. The molecule has 7 heteroatoms. The molecule has 0 fully saturated rings. The number of nitrogens with zero attached hydrogens (tertiary/aromatic N) is 3. The summed E-state index contributed by atoms with van der Waals surface area (Å²) in [4.78, 5) is 31.7. The summed E-state index contributed by atoms with van der Waals surface area (Å²) in [6, 6.07) is 16.2. The number of nitro benzene ring substituents is 1. The van der Waals surface area contributed by atoms with Crippen molar-refractivity contribution in [2.24, 2.45) is 5.16 Å². The first-order chi connectivity index (χ1) is 13.0. The van der Waals surface area contributed by atoms with E-state index in [1.54, 1.807) is 60.9 Å². The van der Waals surface area contributed by atoms with Crippen molar-refractivity contribution in [2.45, 2.75) is 6.92 Å². The summed E-state index contributed by atoms with van der Waals surface area (Å²) in [5, 5.41) is 14.9. The molecule has 0 spiro atoms. The number of carbonyl (C=O) groups excluding carboxylic acids is 1. The smallest absolute Gasteiger partial charge is 0.312 e. The number of hydrogen-bond donors (Lipinski definition) is 0. The van der Waals surface area contributed by atoms with E-state index >= 15 is 0 Å². The Morgan fingerprint density at radius 1 is 0.926 bits per heavy atom. The Bertz CT molecular complexity index is 982. The number of hydrogen-bond acceptors (Lipinski definition) is 6. The van der Waals surface area contributed by atoms with E-state index in [2.05, 4.69) is 10.1 Å². The lowest BCUT2D eigenvalue weighted by atomic mass is 10.0. The number of aryl methyl sites for hydroxylation is 1. The monoisotopic (exact) mass is 361 g/mol. The number of oxime groups is 1. The molecule has 3 rings (SSSR count). The van der Waals surface area contributed by atoms with Crippen LogP contribution in [0.5, 0.6) is 0 Å². The van der Waals surface area contributed by atoms with Crippen molar-refractivity contribution < 1.29 is 14.6 Å². The minimum Gasteiger partial charge on any atom is -0.312 e. The third-order valence-corrected chi connectivity index (χ3v) is 3.81. The standard InChI is InChI=1S/C20H15N3O4/c1-14-2-4-17(5-3-14)20(24)27-22-19(16-10-12-21-13-11-16)15-6-8-18(9-7-15)23(25)26/h2-13H,1H3. The molecule has 7 nitrogen and oxygen atoms in total. The summed E-state index contributed by atoms with van der Waals surface area (Å²) in [7, 11) is 0. The zero-order chi connectivity index (χ0) is 19.2. The molecule has 1 heterocycles. The molecule has 0 N–H and O–H groups in total. The van der Waals surface area contributed by atoms with Gasteiger partial charge in [0.15, 0.2) is 0 Å². The fourth-order valence-corrected chi connectivity index (χ4v) is 2.35. The van der Waals surface area contributed by atoms with Gasteiger partial charge in [0, 0.05) is 35.7 Å². The van der Waals surface area contributed by atoms with E-state index in [9.17, 15) is 14.9 Å². The van der Waals surface area contributed by atoms with Gasteiger partial charge in [0.1, 0.15) is 5.71 Å². The highest BCUT2D eigenvalue weighted by molar-refractivity contribution is 6.12. The predicted molar refractivity (Wildman–Crippen MR) is 99.6 cm³/mol. The van der Waals surface area contributed by atoms with Crippen LogP contribution in [0.2, 0.25) is 0 Å². The van der Waals surface area contributed by atoms with Gasteiger partial charge in [-0.15, -0.1) is 0 Å². The maximum Gasteiger partial charge on any atom is 0.365 e.